The van der Waals surface area contributed by atoms with Crippen LogP contribution in [0.3, 0.4) is 0 Å². The third kappa shape index (κ3) is 4.74. The van der Waals surface area contributed by atoms with E-state index in [1.807, 2.05) is 29.3 Å². The summed E-state index contributed by atoms with van der Waals surface area (Å²) in [6, 6.07) is 8.51. The van der Waals surface area contributed by atoms with Gasteiger partial charge in [0.25, 0.3) is 0 Å². The number of carbonyl (C=O) groups is 1. The molecule has 3 aromatic rings. The Bertz CT molecular complexity index is 1110. The molecular weight excluding hydrogens is 419 g/mol. The van der Waals surface area contributed by atoms with E-state index in [4.69, 9.17) is 9.97 Å². The molecule has 1 aromatic carbocycles. The quantitative estimate of drug-likeness (QED) is 0.598. The number of carbonyl (C=O) groups excluding carboxylic acids is 1. The fraction of sp³-hybridized carbons (Fsp3) is 0.440. The highest BCUT2D eigenvalue weighted by atomic mass is 19.1. The Morgan fingerprint density at radius 3 is 2.79 bits per heavy atom. The van der Waals surface area contributed by atoms with E-state index < -0.39 is 0 Å². The summed E-state index contributed by atoms with van der Waals surface area (Å²) >= 11 is 0. The van der Waals surface area contributed by atoms with Crippen LogP contribution in [0, 0.1) is 12.7 Å². The van der Waals surface area contributed by atoms with Gasteiger partial charge in [-0.05, 0) is 56.4 Å². The fourth-order valence-corrected chi connectivity index (χ4v) is 4.90. The number of hydrogen-bond donors (Lipinski definition) is 0. The predicted octanol–water partition coefficient (Wildman–Crippen LogP) is 3.48. The number of hydrogen-bond acceptors (Lipinski definition) is 5. The van der Waals surface area contributed by atoms with Crippen LogP contribution in [0.1, 0.15) is 47.8 Å². The average Bonchev–Trinajstić information content (AvgIpc) is 3.34. The smallest absolute Gasteiger partial charge is 0.244 e. The molecule has 2 aliphatic heterocycles. The van der Waals surface area contributed by atoms with Gasteiger partial charge in [-0.2, -0.15) is 5.10 Å². The lowest BCUT2D eigenvalue weighted by atomic mass is 9.96. The molecule has 2 aliphatic rings. The van der Waals surface area contributed by atoms with E-state index >= 15 is 0 Å². The van der Waals surface area contributed by atoms with Gasteiger partial charge >= 0.3 is 0 Å². The van der Waals surface area contributed by atoms with Crippen LogP contribution in [-0.2, 0) is 24.3 Å². The Kier molecular flexibility index (Phi) is 6.07. The largest absolute Gasteiger partial charge is 0.352 e. The van der Waals surface area contributed by atoms with Crippen LogP contribution < -0.4 is 4.90 Å². The molecule has 1 fully saturated rings. The van der Waals surface area contributed by atoms with Crippen LogP contribution in [0.15, 0.2) is 42.7 Å². The molecule has 0 saturated carbocycles. The summed E-state index contributed by atoms with van der Waals surface area (Å²) in [6.45, 7) is 5.33. The second-order valence-electron chi connectivity index (χ2n) is 9.00. The number of aromatic nitrogens is 4. The maximum absolute atomic E-state index is 13.3. The molecule has 0 N–H and O–H groups in total. The van der Waals surface area contributed by atoms with Gasteiger partial charge in [0, 0.05) is 55.7 Å². The molecule has 8 heteroatoms. The van der Waals surface area contributed by atoms with Gasteiger partial charge in [0.15, 0.2) is 0 Å². The normalized spacial score (nSPS) is 18.3. The number of aryl methyl sites for hydroxylation is 1. The van der Waals surface area contributed by atoms with Gasteiger partial charge in [0.05, 0.1) is 0 Å². The summed E-state index contributed by atoms with van der Waals surface area (Å²) in [7, 11) is 0. The number of halogens is 1. The van der Waals surface area contributed by atoms with E-state index in [-0.39, 0.29) is 24.2 Å². The Hall–Kier alpha value is -3.29. The van der Waals surface area contributed by atoms with Gasteiger partial charge in [-0.25, -0.2) is 14.4 Å². The van der Waals surface area contributed by atoms with Crippen LogP contribution in [0.2, 0.25) is 0 Å². The van der Waals surface area contributed by atoms with Crippen molar-refractivity contribution in [1.29, 1.82) is 0 Å². The van der Waals surface area contributed by atoms with Crippen molar-refractivity contribution >= 4 is 11.7 Å². The molecule has 7 nitrogen and oxygen atoms in total. The van der Waals surface area contributed by atoms with Crippen molar-refractivity contribution in [3.05, 3.63) is 71.2 Å². The summed E-state index contributed by atoms with van der Waals surface area (Å²) in [5.74, 6) is 1.80. The highest BCUT2D eigenvalue weighted by molar-refractivity contribution is 5.76. The number of anilines is 1. The first-order chi connectivity index (χ1) is 16.1. The van der Waals surface area contributed by atoms with E-state index in [0.29, 0.717) is 13.1 Å². The van der Waals surface area contributed by atoms with Gasteiger partial charge in [0.1, 0.15) is 24.0 Å². The fourth-order valence-electron chi connectivity index (χ4n) is 4.90. The molecule has 4 heterocycles. The van der Waals surface area contributed by atoms with Crippen molar-refractivity contribution in [2.24, 2.45) is 0 Å². The van der Waals surface area contributed by atoms with Crippen LogP contribution in [0.25, 0.3) is 0 Å². The maximum atomic E-state index is 13.3. The van der Waals surface area contributed by atoms with E-state index in [1.54, 1.807) is 10.9 Å². The van der Waals surface area contributed by atoms with E-state index in [9.17, 15) is 9.18 Å². The van der Waals surface area contributed by atoms with Gasteiger partial charge in [0.2, 0.25) is 5.91 Å². The summed E-state index contributed by atoms with van der Waals surface area (Å²) in [5.41, 5.74) is 3.29. The van der Waals surface area contributed by atoms with E-state index in [0.717, 1.165) is 61.7 Å². The van der Waals surface area contributed by atoms with Crippen molar-refractivity contribution in [3.8, 4) is 0 Å². The molecule has 1 saturated heterocycles. The zero-order chi connectivity index (χ0) is 22.8. The molecule has 0 aliphatic carbocycles. The molecule has 1 unspecified atom stereocenters. The monoisotopic (exact) mass is 448 g/mol. The number of rotatable bonds is 5. The summed E-state index contributed by atoms with van der Waals surface area (Å²) in [4.78, 5) is 27.0. The Balaban J connectivity index is 1.36. The van der Waals surface area contributed by atoms with Crippen molar-refractivity contribution in [2.45, 2.75) is 51.6 Å². The molecule has 5 rings (SSSR count). The molecule has 2 aromatic heterocycles. The first-order valence-corrected chi connectivity index (χ1v) is 11.7. The van der Waals surface area contributed by atoms with Crippen LogP contribution in [-0.4, -0.2) is 50.2 Å². The molecule has 172 valence electrons. The summed E-state index contributed by atoms with van der Waals surface area (Å²) in [6.07, 6.45) is 7.44. The predicted molar refractivity (Wildman–Crippen MR) is 123 cm³/mol. The van der Waals surface area contributed by atoms with E-state index in [1.165, 1.54) is 17.7 Å². The third-order valence-corrected chi connectivity index (χ3v) is 6.65. The number of benzene rings is 1. The van der Waals surface area contributed by atoms with Crippen molar-refractivity contribution in [2.75, 3.05) is 24.5 Å². The molecular formula is C25H29FN6O. The second kappa shape index (κ2) is 9.29. The molecule has 0 radical (unpaired) electrons. The van der Waals surface area contributed by atoms with Crippen LogP contribution in [0.5, 0.6) is 0 Å². The average molecular weight is 449 g/mol. The zero-order valence-corrected chi connectivity index (χ0v) is 19.0. The molecule has 1 amide bonds. The van der Waals surface area contributed by atoms with Crippen LogP contribution in [0.4, 0.5) is 10.2 Å². The Morgan fingerprint density at radius 1 is 1.15 bits per heavy atom. The van der Waals surface area contributed by atoms with Crippen molar-refractivity contribution in [3.63, 3.8) is 0 Å². The molecule has 1 atom stereocenters. The number of likely N-dealkylation sites (tertiary alicyclic amines) is 1. The van der Waals surface area contributed by atoms with E-state index in [2.05, 4.69) is 16.9 Å². The van der Waals surface area contributed by atoms with Gasteiger partial charge < -0.3 is 9.80 Å². The first-order valence-electron chi connectivity index (χ1n) is 11.7. The van der Waals surface area contributed by atoms with Crippen molar-refractivity contribution in [1.82, 2.24) is 24.6 Å². The van der Waals surface area contributed by atoms with Gasteiger partial charge in [-0.3, -0.25) is 9.48 Å². The highest BCUT2D eigenvalue weighted by Gasteiger charge is 2.29. The minimum absolute atomic E-state index is 0.0796. The number of amides is 1. The lowest BCUT2D eigenvalue weighted by Crippen LogP contribution is -2.41. The van der Waals surface area contributed by atoms with Gasteiger partial charge in [-0.1, -0.05) is 12.1 Å². The highest BCUT2D eigenvalue weighted by Crippen LogP contribution is 2.32. The van der Waals surface area contributed by atoms with Crippen molar-refractivity contribution < 1.29 is 9.18 Å². The zero-order valence-electron chi connectivity index (χ0n) is 19.0. The Morgan fingerprint density at radius 2 is 2.00 bits per heavy atom. The number of nitrogens with zero attached hydrogens (tertiary/aromatic N) is 6. The maximum Gasteiger partial charge on any atom is 0.244 e. The number of piperidine rings is 1. The SMILES string of the molecule is Cc1nc(C2CCCN(C(=O)Cn3cccn3)C2)nc2c1CCCN2Cc1ccc(F)cc1. The lowest BCUT2D eigenvalue weighted by Gasteiger charge is -2.34. The molecule has 0 bridgehead atoms. The first kappa shape index (κ1) is 21.6. The minimum atomic E-state index is -0.220. The summed E-state index contributed by atoms with van der Waals surface area (Å²) in [5, 5.41) is 4.15. The standard InChI is InChI=1S/C25H29FN6O/c1-18-22-6-3-13-31(15-19-7-9-21(26)10-8-19)25(22)29-24(28-18)20-5-2-12-30(16-20)23(33)17-32-14-4-11-27-32/h4,7-11,14,20H,2-3,5-6,12-13,15-17H2,1H3. The number of fused-ring (bicyclic) bond motifs is 1. The molecule has 0 spiro atoms. The van der Waals surface area contributed by atoms with Gasteiger partial charge in [-0.15, -0.1) is 0 Å². The lowest BCUT2D eigenvalue weighted by molar-refractivity contribution is -0.133. The Labute approximate surface area is 193 Å². The second-order valence-corrected chi connectivity index (χ2v) is 9.00. The van der Waals surface area contributed by atoms with Crippen LogP contribution >= 0.6 is 0 Å². The topological polar surface area (TPSA) is 67.2 Å². The minimum Gasteiger partial charge on any atom is -0.352 e. The molecule has 33 heavy (non-hydrogen) atoms. The third-order valence-electron chi connectivity index (χ3n) is 6.65. The summed E-state index contributed by atoms with van der Waals surface area (Å²) < 4.78 is 15.0.